The van der Waals surface area contributed by atoms with E-state index >= 15 is 0 Å². The lowest BCUT2D eigenvalue weighted by Gasteiger charge is -2.19. The van der Waals surface area contributed by atoms with Crippen LogP contribution < -0.4 is 15.6 Å². The van der Waals surface area contributed by atoms with Crippen LogP contribution >= 0.6 is 0 Å². The van der Waals surface area contributed by atoms with Crippen molar-refractivity contribution in [1.82, 2.24) is 19.9 Å². The molecule has 8 nitrogen and oxygen atoms in total. The first-order valence-electron chi connectivity index (χ1n) is 12.0. The van der Waals surface area contributed by atoms with Crippen molar-refractivity contribution in [1.29, 1.82) is 0 Å². The van der Waals surface area contributed by atoms with E-state index in [0.29, 0.717) is 34.9 Å². The Morgan fingerprint density at radius 2 is 1.69 bits per heavy atom. The van der Waals surface area contributed by atoms with Crippen LogP contribution in [0.15, 0.2) is 82.6 Å². The van der Waals surface area contributed by atoms with Crippen LogP contribution in [0.4, 0.5) is 0 Å². The van der Waals surface area contributed by atoms with E-state index in [2.05, 4.69) is 15.3 Å². The molecule has 0 amide bonds. The number of benzene rings is 2. The summed E-state index contributed by atoms with van der Waals surface area (Å²) in [5, 5.41) is 3.61. The maximum atomic E-state index is 13.4. The van der Waals surface area contributed by atoms with Gasteiger partial charge in [0.05, 0.1) is 34.4 Å². The second kappa shape index (κ2) is 12.4. The van der Waals surface area contributed by atoms with Gasteiger partial charge in [0.25, 0.3) is 5.56 Å². The molecule has 0 spiro atoms. The Kier molecular flexibility index (Phi) is 9.32. The van der Waals surface area contributed by atoms with Crippen molar-refractivity contribution < 1.29 is 13.2 Å². The van der Waals surface area contributed by atoms with Crippen LogP contribution in [-0.2, 0) is 9.84 Å². The zero-order valence-corrected chi connectivity index (χ0v) is 21.8. The Morgan fingerprint density at radius 3 is 2.36 bits per heavy atom. The van der Waals surface area contributed by atoms with E-state index < -0.39 is 15.9 Å². The number of ether oxygens (including phenoxy) is 1. The molecule has 9 heteroatoms. The molecule has 2 aromatic carbocycles. The van der Waals surface area contributed by atoms with Crippen LogP contribution in [0.25, 0.3) is 16.7 Å². The predicted molar refractivity (Wildman–Crippen MR) is 143 cm³/mol. The topological polar surface area (TPSA) is 103 Å². The number of fused-ring (bicyclic) bond motifs is 1. The van der Waals surface area contributed by atoms with Gasteiger partial charge < -0.3 is 10.1 Å². The van der Waals surface area contributed by atoms with Crippen molar-refractivity contribution in [3.63, 3.8) is 0 Å². The minimum atomic E-state index is -3.43. The molecule has 0 aliphatic carbocycles. The highest BCUT2D eigenvalue weighted by atomic mass is 32.2. The van der Waals surface area contributed by atoms with E-state index in [4.69, 9.17) is 4.74 Å². The molecule has 4 rings (SSSR count). The summed E-state index contributed by atoms with van der Waals surface area (Å²) < 4.78 is 32.3. The predicted octanol–water partition coefficient (Wildman–Crippen LogP) is 4.33. The summed E-state index contributed by atoms with van der Waals surface area (Å²) in [4.78, 5) is 22.6. The molecule has 0 bridgehead atoms. The third-order valence-electron chi connectivity index (χ3n) is 5.39. The average Bonchev–Trinajstić information content (AvgIpc) is 2.91. The molecule has 1 unspecified atom stereocenters. The van der Waals surface area contributed by atoms with Crippen molar-refractivity contribution in [2.24, 2.45) is 0 Å². The number of hydrogen-bond donors (Lipinski definition) is 1. The molecular weight excluding hydrogens is 476 g/mol. The van der Waals surface area contributed by atoms with Crippen molar-refractivity contribution in [2.75, 3.05) is 18.9 Å². The molecular formula is C27H32N4O4S. The first-order chi connectivity index (χ1) is 17.4. The zero-order chi connectivity index (χ0) is 26.1. The summed E-state index contributed by atoms with van der Waals surface area (Å²) in [6, 6.07) is 18.5. The minimum absolute atomic E-state index is 0.0829. The maximum Gasteiger partial charge on any atom is 0.267 e. The molecule has 0 fully saturated rings. The molecule has 190 valence electrons. The number of nitrogens with zero attached hydrogens (tertiary/aromatic N) is 3. The molecule has 0 aliphatic rings. The Bertz CT molecular complexity index is 1440. The van der Waals surface area contributed by atoms with Gasteiger partial charge in [0.2, 0.25) is 0 Å². The third-order valence-corrected chi connectivity index (χ3v) is 7.12. The molecule has 2 heterocycles. The Hall–Kier alpha value is -3.56. The Balaban J connectivity index is 0.00000176. The number of rotatable bonds is 9. The van der Waals surface area contributed by atoms with Crippen molar-refractivity contribution in [3.8, 4) is 11.4 Å². The second-order valence-corrected chi connectivity index (χ2v) is 9.83. The number of sulfone groups is 1. The van der Waals surface area contributed by atoms with Crippen molar-refractivity contribution in [3.05, 3.63) is 89.1 Å². The minimum Gasteiger partial charge on any atom is -0.494 e. The van der Waals surface area contributed by atoms with Gasteiger partial charge in [0, 0.05) is 12.7 Å². The van der Waals surface area contributed by atoms with Gasteiger partial charge in [-0.05, 0) is 62.4 Å². The Morgan fingerprint density at radius 1 is 1.00 bits per heavy atom. The number of pyridine rings is 1. The molecule has 1 atom stereocenters. The van der Waals surface area contributed by atoms with E-state index in [1.807, 2.05) is 27.7 Å². The Labute approximate surface area is 211 Å². The highest BCUT2D eigenvalue weighted by molar-refractivity contribution is 7.91. The van der Waals surface area contributed by atoms with Crippen LogP contribution in [0.5, 0.6) is 5.75 Å². The lowest BCUT2D eigenvalue weighted by molar-refractivity contribution is 0.340. The molecule has 0 radical (unpaired) electrons. The molecule has 36 heavy (non-hydrogen) atoms. The quantitative estimate of drug-likeness (QED) is 0.359. The van der Waals surface area contributed by atoms with Crippen molar-refractivity contribution in [2.45, 2.75) is 38.6 Å². The fourth-order valence-corrected chi connectivity index (χ4v) is 4.87. The van der Waals surface area contributed by atoms with Crippen LogP contribution in [0.2, 0.25) is 0 Å². The van der Waals surface area contributed by atoms with Crippen LogP contribution in [-0.4, -0.2) is 41.9 Å². The van der Waals surface area contributed by atoms with E-state index in [1.165, 1.54) is 4.57 Å². The fraction of sp³-hybridized carbons (Fsp3) is 0.296. The van der Waals surface area contributed by atoms with Crippen LogP contribution in [0.3, 0.4) is 0 Å². The fourth-order valence-electron chi connectivity index (χ4n) is 3.68. The van der Waals surface area contributed by atoms with Crippen LogP contribution in [0, 0.1) is 0 Å². The SMILES string of the molecule is CC.CCOc1ccc(-n2c(C(C)NCCS(=O)(=O)c3ccccc3)nc3ncccc3c2=O)cc1. The lowest BCUT2D eigenvalue weighted by atomic mass is 10.2. The molecule has 0 saturated heterocycles. The van der Waals surface area contributed by atoms with Gasteiger partial charge >= 0.3 is 0 Å². The summed E-state index contributed by atoms with van der Waals surface area (Å²) in [5.74, 6) is 1.06. The van der Waals surface area contributed by atoms with E-state index in [-0.39, 0.29) is 22.8 Å². The number of hydrogen-bond acceptors (Lipinski definition) is 7. The first-order valence-corrected chi connectivity index (χ1v) is 13.7. The first kappa shape index (κ1) is 27.0. The standard InChI is InChI=1S/C25H26N4O4S.C2H6/c1-3-33-20-13-11-19(12-14-20)29-24(28-23-22(25(29)30)10-7-15-27-23)18(2)26-16-17-34(31,32)21-8-5-4-6-9-21;1-2/h4-15,18,26H,3,16-17H2,1-2H3;1-2H3. The van der Waals surface area contributed by atoms with Gasteiger partial charge in [-0.3, -0.25) is 9.36 Å². The lowest BCUT2D eigenvalue weighted by Crippen LogP contribution is -2.32. The summed E-state index contributed by atoms with van der Waals surface area (Å²) in [7, 11) is -3.43. The zero-order valence-electron chi connectivity index (χ0n) is 21.0. The maximum absolute atomic E-state index is 13.4. The summed E-state index contributed by atoms with van der Waals surface area (Å²) in [6.07, 6.45) is 1.59. The summed E-state index contributed by atoms with van der Waals surface area (Å²) in [5.41, 5.74) is 0.727. The van der Waals surface area contributed by atoms with Gasteiger partial charge in [0.1, 0.15) is 11.6 Å². The smallest absolute Gasteiger partial charge is 0.267 e. The molecule has 1 N–H and O–H groups in total. The molecule has 4 aromatic rings. The largest absolute Gasteiger partial charge is 0.494 e. The summed E-state index contributed by atoms with van der Waals surface area (Å²) >= 11 is 0. The number of nitrogens with one attached hydrogen (secondary N) is 1. The monoisotopic (exact) mass is 508 g/mol. The van der Waals surface area contributed by atoms with Gasteiger partial charge in [-0.25, -0.2) is 18.4 Å². The third kappa shape index (κ3) is 6.16. The van der Waals surface area contributed by atoms with Gasteiger partial charge in [-0.15, -0.1) is 0 Å². The number of aromatic nitrogens is 3. The highest BCUT2D eigenvalue weighted by Gasteiger charge is 2.20. The normalized spacial score (nSPS) is 12.0. The van der Waals surface area contributed by atoms with E-state index in [0.717, 1.165) is 0 Å². The second-order valence-electron chi connectivity index (χ2n) is 7.72. The van der Waals surface area contributed by atoms with Crippen LogP contribution in [0.1, 0.15) is 39.6 Å². The van der Waals surface area contributed by atoms with E-state index in [1.54, 1.807) is 72.9 Å². The van der Waals surface area contributed by atoms with E-state index in [9.17, 15) is 13.2 Å². The molecule has 0 aliphatic heterocycles. The van der Waals surface area contributed by atoms with Gasteiger partial charge in [0.15, 0.2) is 15.5 Å². The van der Waals surface area contributed by atoms with Crippen molar-refractivity contribution >= 4 is 20.9 Å². The molecule has 2 aromatic heterocycles. The van der Waals surface area contributed by atoms with Gasteiger partial charge in [-0.1, -0.05) is 32.0 Å². The highest BCUT2D eigenvalue weighted by Crippen LogP contribution is 2.20. The average molecular weight is 509 g/mol. The summed E-state index contributed by atoms with van der Waals surface area (Å²) in [6.45, 7) is 8.48. The van der Waals surface area contributed by atoms with Gasteiger partial charge in [-0.2, -0.15) is 0 Å². The molecule has 0 saturated carbocycles.